The Labute approximate surface area is 141 Å². The molecule has 1 fully saturated rings. The normalized spacial score (nSPS) is 16.1. The van der Waals surface area contributed by atoms with Crippen LogP contribution in [0, 0.1) is 0 Å². The zero-order valence-electron chi connectivity index (χ0n) is 13.1. The van der Waals surface area contributed by atoms with Gasteiger partial charge in [0.15, 0.2) is 0 Å². The average Bonchev–Trinajstić information content (AvgIpc) is 3.07. The maximum Gasteiger partial charge on any atom is 0.235 e. The molecule has 0 saturated heterocycles. The van der Waals surface area contributed by atoms with Gasteiger partial charge in [-0.15, -0.1) is 0 Å². The zero-order chi connectivity index (χ0) is 16.3. The summed E-state index contributed by atoms with van der Waals surface area (Å²) >= 11 is 6.15. The van der Waals surface area contributed by atoms with Crippen LogP contribution >= 0.6 is 11.6 Å². The van der Waals surface area contributed by atoms with Gasteiger partial charge in [-0.05, 0) is 36.6 Å². The topological polar surface area (TPSA) is 38.3 Å². The van der Waals surface area contributed by atoms with Crippen molar-refractivity contribution in [3.63, 3.8) is 0 Å². The van der Waals surface area contributed by atoms with E-state index in [9.17, 15) is 4.79 Å². The first-order chi connectivity index (χ1) is 11.2. The first-order valence-corrected chi connectivity index (χ1v) is 8.24. The van der Waals surface area contributed by atoms with Gasteiger partial charge in [-0.1, -0.05) is 54.8 Å². The van der Waals surface area contributed by atoms with Gasteiger partial charge in [0.2, 0.25) is 5.91 Å². The molecule has 0 bridgehead atoms. The molecule has 0 aromatic heterocycles. The summed E-state index contributed by atoms with van der Waals surface area (Å²) in [6.45, 7) is 0. The Morgan fingerprint density at radius 1 is 1.13 bits per heavy atom. The van der Waals surface area contributed by atoms with Gasteiger partial charge in [-0.25, -0.2) is 0 Å². The number of rotatable bonds is 4. The van der Waals surface area contributed by atoms with Crippen LogP contribution in [0.2, 0.25) is 5.02 Å². The minimum absolute atomic E-state index is 0.0439. The molecular formula is C19H20ClNO2. The molecule has 1 N–H and O–H groups in total. The van der Waals surface area contributed by atoms with Crippen LogP contribution in [0.1, 0.15) is 31.2 Å². The molecule has 2 aromatic carbocycles. The number of nitrogens with one attached hydrogen (secondary N) is 1. The van der Waals surface area contributed by atoms with Crippen molar-refractivity contribution in [3.8, 4) is 5.75 Å². The fourth-order valence-corrected chi connectivity index (χ4v) is 3.64. The highest BCUT2D eigenvalue weighted by atomic mass is 35.5. The fraction of sp³-hybridized carbons (Fsp3) is 0.316. The molecule has 1 amide bonds. The Morgan fingerprint density at radius 2 is 1.83 bits per heavy atom. The van der Waals surface area contributed by atoms with E-state index < -0.39 is 5.41 Å². The van der Waals surface area contributed by atoms with Crippen molar-refractivity contribution < 1.29 is 9.53 Å². The molecule has 0 aliphatic heterocycles. The molecule has 0 heterocycles. The molecule has 1 aliphatic carbocycles. The van der Waals surface area contributed by atoms with E-state index in [0.29, 0.717) is 16.5 Å². The molecule has 2 aromatic rings. The molecule has 4 heteroatoms. The molecule has 0 spiro atoms. The van der Waals surface area contributed by atoms with E-state index in [0.717, 1.165) is 31.2 Å². The molecule has 1 saturated carbocycles. The van der Waals surface area contributed by atoms with Gasteiger partial charge in [0.05, 0.1) is 17.5 Å². The summed E-state index contributed by atoms with van der Waals surface area (Å²) < 4.78 is 5.15. The lowest BCUT2D eigenvalue weighted by Gasteiger charge is -2.28. The van der Waals surface area contributed by atoms with Crippen molar-refractivity contribution in [3.05, 3.63) is 59.1 Å². The molecule has 0 unspecified atom stereocenters. The van der Waals surface area contributed by atoms with Crippen molar-refractivity contribution in [2.45, 2.75) is 31.1 Å². The average molecular weight is 330 g/mol. The van der Waals surface area contributed by atoms with Gasteiger partial charge in [-0.2, -0.15) is 0 Å². The molecular weight excluding hydrogens is 310 g/mol. The Morgan fingerprint density at radius 3 is 2.43 bits per heavy atom. The number of carbonyl (C=O) groups is 1. The second-order valence-electron chi connectivity index (χ2n) is 5.96. The molecule has 0 atom stereocenters. The maximum absolute atomic E-state index is 13.0. The Hall–Kier alpha value is -2.00. The summed E-state index contributed by atoms with van der Waals surface area (Å²) in [5.41, 5.74) is 1.35. The third-order valence-electron chi connectivity index (χ3n) is 4.63. The van der Waals surface area contributed by atoms with Crippen molar-refractivity contribution in [2.24, 2.45) is 0 Å². The second-order valence-corrected chi connectivity index (χ2v) is 6.37. The van der Waals surface area contributed by atoms with Crippen molar-refractivity contribution in [2.75, 3.05) is 12.4 Å². The highest BCUT2D eigenvalue weighted by Gasteiger charge is 2.42. The molecule has 120 valence electrons. The Balaban J connectivity index is 1.87. The van der Waals surface area contributed by atoms with Crippen molar-refractivity contribution >= 4 is 23.2 Å². The largest absolute Gasteiger partial charge is 0.495 e. The SMILES string of the molecule is COc1ccc(NC(=O)C2(c3ccccc3)CCCC2)cc1Cl. The van der Waals surface area contributed by atoms with Crippen LogP contribution in [0.5, 0.6) is 5.75 Å². The third-order valence-corrected chi connectivity index (χ3v) is 4.92. The van der Waals surface area contributed by atoms with Gasteiger partial charge in [0.1, 0.15) is 5.75 Å². The van der Waals surface area contributed by atoms with Gasteiger partial charge in [0.25, 0.3) is 0 Å². The smallest absolute Gasteiger partial charge is 0.235 e. The molecule has 23 heavy (non-hydrogen) atoms. The van der Waals surface area contributed by atoms with Crippen LogP contribution in [0.3, 0.4) is 0 Å². The quantitative estimate of drug-likeness (QED) is 0.875. The number of ether oxygens (including phenoxy) is 1. The fourth-order valence-electron chi connectivity index (χ4n) is 3.38. The van der Waals surface area contributed by atoms with Gasteiger partial charge >= 0.3 is 0 Å². The Bertz CT molecular complexity index is 694. The molecule has 1 aliphatic rings. The van der Waals surface area contributed by atoms with Crippen LogP contribution in [0.25, 0.3) is 0 Å². The van der Waals surface area contributed by atoms with Gasteiger partial charge in [-0.3, -0.25) is 4.79 Å². The summed E-state index contributed by atoms with van der Waals surface area (Å²) in [5, 5.41) is 3.53. The number of amides is 1. The number of hydrogen-bond acceptors (Lipinski definition) is 2. The van der Waals surface area contributed by atoms with E-state index in [1.807, 2.05) is 36.4 Å². The second kappa shape index (κ2) is 6.63. The summed E-state index contributed by atoms with van der Waals surface area (Å²) in [5.74, 6) is 0.644. The van der Waals surface area contributed by atoms with E-state index in [2.05, 4.69) is 5.32 Å². The third kappa shape index (κ3) is 3.06. The van der Waals surface area contributed by atoms with E-state index in [1.165, 1.54) is 0 Å². The Kier molecular flexibility index (Phi) is 4.58. The number of anilines is 1. The van der Waals surface area contributed by atoms with Crippen LogP contribution in [0.15, 0.2) is 48.5 Å². The van der Waals surface area contributed by atoms with Crippen LogP contribution in [-0.2, 0) is 10.2 Å². The highest BCUT2D eigenvalue weighted by Crippen LogP contribution is 2.42. The van der Waals surface area contributed by atoms with Crippen LogP contribution in [0.4, 0.5) is 5.69 Å². The predicted molar refractivity (Wildman–Crippen MR) is 93.2 cm³/mol. The van der Waals surface area contributed by atoms with Crippen molar-refractivity contribution in [1.82, 2.24) is 0 Å². The number of hydrogen-bond donors (Lipinski definition) is 1. The van der Waals surface area contributed by atoms with Crippen molar-refractivity contribution in [1.29, 1.82) is 0 Å². The first kappa shape index (κ1) is 15.9. The number of benzene rings is 2. The van der Waals surface area contributed by atoms with Crippen LogP contribution in [-0.4, -0.2) is 13.0 Å². The van der Waals surface area contributed by atoms with E-state index in [4.69, 9.17) is 16.3 Å². The summed E-state index contributed by atoms with van der Waals surface area (Å²) in [6.07, 6.45) is 3.91. The zero-order valence-corrected chi connectivity index (χ0v) is 13.9. The number of halogens is 1. The lowest BCUT2D eigenvalue weighted by Crippen LogP contribution is -2.37. The van der Waals surface area contributed by atoms with Gasteiger partial charge < -0.3 is 10.1 Å². The van der Waals surface area contributed by atoms with E-state index in [1.54, 1.807) is 19.2 Å². The van der Waals surface area contributed by atoms with Crippen LogP contribution < -0.4 is 10.1 Å². The predicted octanol–water partition coefficient (Wildman–Crippen LogP) is 4.80. The first-order valence-electron chi connectivity index (χ1n) is 7.86. The maximum atomic E-state index is 13.0. The summed E-state index contributed by atoms with van der Waals surface area (Å²) in [7, 11) is 1.57. The monoisotopic (exact) mass is 329 g/mol. The molecule has 3 nitrogen and oxygen atoms in total. The summed E-state index contributed by atoms with van der Waals surface area (Å²) in [4.78, 5) is 13.0. The lowest BCUT2D eigenvalue weighted by atomic mass is 9.78. The number of carbonyl (C=O) groups excluding carboxylic acids is 1. The van der Waals surface area contributed by atoms with Gasteiger partial charge in [0, 0.05) is 5.69 Å². The minimum atomic E-state index is -0.437. The minimum Gasteiger partial charge on any atom is -0.495 e. The van der Waals surface area contributed by atoms with E-state index in [-0.39, 0.29) is 5.91 Å². The van der Waals surface area contributed by atoms with E-state index >= 15 is 0 Å². The lowest BCUT2D eigenvalue weighted by molar-refractivity contribution is -0.121. The highest BCUT2D eigenvalue weighted by molar-refractivity contribution is 6.32. The molecule has 3 rings (SSSR count). The standard InChI is InChI=1S/C19H20ClNO2/c1-23-17-10-9-15(13-16(17)20)21-18(22)19(11-5-6-12-19)14-7-3-2-4-8-14/h2-4,7-10,13H,5-6,11-12H2,1H3,(H,21,22). The molecule has 0 radical (unpaired) electrons. The number of methoxy groups -OCH3 is 1. The summed E-state index contributed by atoms with van der Waals surface area (Å²) in [6, 6.07) is 15.4.